The van der Waals surface area contributed by atoms with Crippen LogP contribution in [0.2, 0.25) is 0 Å². The maximum Gasteiger partial charge on any atom is 0.268 e. The number of carbonyl (C=O) groups is 1. The molecule has 0 aliphatic rings. The quantitative estimate of drug-likeness (QED) is 0.486. The Kier molecular flexibility index (Phi) is 3.29. The van der Waals surface area contributed by atoms with Crippen molar-refractivity contribution < 1.29 is 4.79 Å². The number of benzene rings is 2. The second kappa shape index (κ2) is 5.44. The zero-order chi connectivity index (χ0) is 19.5. The number of carbonyl (C=O) groups excluding carboxylic acids is 1. The summed E-state index contributed by atoms with van der Waals surface area (Å²) in [7, 11) is 0. The van der Waals surface area contributed by atoms with Crippen molar-refractivity contribution in [2.75, 3.05) is 0 Å². The summed E-state index contributed by atoms with van der Waals surface area (Å²) >= 11 is 0. The summed E-state index contributed by atoms with van der Waals surface area (Å²) in [4.78, 5) is 61.7. The van der Waals surface area contributed by atoms with E-state index < -0.39 is 28.1 Å². The van der Waals surface area contributed by atoms with Crippen LogP contribution in [0.1, 0.15) is 17.3 Å². The average molecular weight is 359 g/mol. The number of rotatable bonds is 1. The lowest BCUT2D eigenvalue weighted by Crippen LogP contribution is -2.30. The molecule has 4 rings (SSSR count). The fourth-order valence-electron chi connectivity index (χ4n) is 3.21. The van der Waals surface area contributed by atoms with Crippen molar-refractivity contribution in [1.82, 2.24) is 9.13 Å². The van der Waals surface area contributed by atoms with Crippen LogP contribution in [0.4, 0.5) is 0 Å². The Morgan fingerprint density at radius 1 is 0.852 bits per heavy atom. The molecule has 130 valence electrons. The van der Waals surface area contributed by atoms with E-state index in [4.69, 9.17) is 5.26 Å². The Morgan fingerprint density at radius 3 is 1.85 bits per heavy atom. The normalized spacial score (nSPS) is 11.1. The van der Waals surface area contributed by atoms with Gasteiger partial charge in [-0.15, -0.1) is 0 Å². The molecular formula is C19H9N3O5. The number of nitrogens with zero attached hydrogens (tertiary/aromatic N) is 3. The number of hydrogen-bond acceptors (Lipinski definition) is 6. The molecule has 0 saturated carbocycles. The molecule has 0 radical (unpaired) electrons. The first kappa shape index (κ1) is 16.4. The highest BCUT2D eigenvalue weighted by Gasteiger charge is 2.21. The number of aromatic nitrogens is 2. The summed E-state index contributed by atoms with van der Waals surface area (Å²) < 4.78 is 1.36. The van der Waals surface area contributed by atoms with Crippen LogP contribution in [-0.2, 0) is 0 Å². The third-order valence-electron chi connectivity index (χ3n) is 4.44. The van der Waals surface area contributed by atoms with Gasteiger partial charge in [0.25, 0.3) is 22.2 Å². The molecule has 0 fully saturated rings. The van der Waals surface area contributed by atoms with E-state index in [1.165, 1.54) is 36.4 Å². The van der Waals surface area contributed by atoms with E-state index in [-0.39, 0.29) is 32.8 Å². The van der Waals surface area contributed by atoms with Gasteiger partial charge < -0.3 is 0 Å². The van der Waals surface area contributed by atoms with Crippen LogP contribution in [0.3, 0.4) is 0 Å². The minimum absolute atomic E-state index is 0.0346. The smallest absolute Gasteiger partial charge is 0.268 e. The molecule has 0 aliphatic heterocycles. The number of nitriles is 1. The van der Waals surface area contributed by atoms with Crippen LogP contribution in [0, 0.1) is 11.3 Å². The SMILES string of the molecule is CC(=O)n1c(=O)c2cc3c(=O)n(-c4cccc(C#N)c4)c(=O)c3cc2c1=O. The molecule has 8 heteroatoms. The molecular weight excluding hydrogens is 350 g/mol. The van der Waals surface area contributed by atoms with E-state index in [0.29, 0.717) is 4.57 Å². The van der Waals surface area contributed by atoms with Gasteiger partial charge in [-0.3, -0.25) is 24.0 Å². The predicted octanol–water partition coefficient (Wildman–Crippen LogP) is 0.433. The molecule has 0 atom stereocenters. The van der Waals surface area contributed by atoms with Gasteiger partial charge in [0.2, 0.25) is 5.91 Å². The summed E-state index contributed by atoms with van der Waals surface area (Å²) in [5, 5.41) is 8.75. The first-order valence-electron chi connectivity index (χ1n) is 7.81. The van der Waals surface area contributed by atoms with Gasteiger partial charge >= 0.3 is 0 Å². The lowest BCUT2D eigenvalue weighted by atomic mass is 10.1. The molecule has 27 heavy (non-hydrogen) atoms. The second-order valence-corrected chi connectivity index (χ2v) is 6.02. The Labute approximate surface area is 149 Å². The molecule has 0 N–H and O–H groups in total. The Hall–Kier alpha value is -4.12. The summed E-state index contributed by atoms with van der Waals surface area (Å²) in [6, 6.07) is 10.2. The molecule has 0 unspecified atom stereocenters. The topological polar surface area (TPSA) is 119 Å². The second-order valence-electron chi connectivity index (χ2n) is 6.02. The first-order chi connectivity index (χ1) is 12.8. The lowest BCUT2D eigenvalue weighted by Gasteiger charge is -1.99. The molecule has 2 aromatic carbocycles. The highest BCUT2D eigenvalue weighted by molar-refractivity contribution is 5.99. The maximum atomic E-state index is 12.8. The molecule has 0 spiro atoms. The summed E-state index contributed by atoms with van der Waals surface area (Å²) in [5.41, 5.74) is -2.51. The molecule has 0 saturated heterocycles. The van der Waals surface area contributed by atoms with Crippen LogP contribution in [0.25, 0.3) is 27.2 Å². The molecule has 0 amide bonds. The van der Waals surface area contributed by atoms with Crippen LogP contribution < -0.4 is 22.2 Å². The zero-order valence-electron chi connectivity index (χ0n) is 13.8. The Balaban J connectivity index is 2.15. The van der Waals surface area contributed by atoms with Crippen LogP contribution in [0.15, 0.2) is 55.6 Å². The predicted molar refractivity (Wildman–Crippen MR) is 97.2 cm³/mol. The van der Waals surface area contributed by atoms with Crippen molar-refractivity contribution in [3.8, 4) is 11.8 Å². The van der Waals surface area contributed by atoms with Gasteiger partial charge in [0.1, 0.15) is 0 Å². The Morgan fingerprint density at radius 2 is 1.37 bits per heavy atom. The van der Waals surface area contributed by atoms with E-state index in [0.717, 1.165) is 11.5 Å². The maximum absolute atomic E-state index is 12.8. The van der Waals surface area contributed by atoms with Gasteiger partial charge in [-0.05, 0) is 30.3 Å². The van der Waals surface area contributed by atoms with Crippen molar-refractivity contribution >= 4 is 27.5 Å². The minimum Gasteiger partial charge on any atom is -0.274 e. The fourth-order valence-corrected chi connectivity index (χ4v) is 3.21. The third-order valence-corrected chi connectivity index (χ3v) is 4.44. The Bertz CT molecular complexity index is 1460. The van der Waals surface area contributed by atoms with E-state index in [9.17, 15) is 24.0 Å². The van der Waals surface area contributed by atoms with Crippen molar-refractivity contribution in [3.63, 3.8) is 0 Å². The van der Waals surface area contributed by atoms with Crippen molar-refractivity contribution in [1.29, 1.82) is 5.26 Å². The van der Waals surface area contributed by atoms with Crippen molar-refractivity contribution in [3.05, 3.63) is 83.4 Å². The van der Waals surface area contributed by atoms with E-state index >= 15 is 0 Å². The first-order valence-corrected chi connectivity index (χ1v) is 7.81. The van der Waals surface area contributed by atoms with Crippen LogP contribution in [-0.4, -0.2) is 15.0 Å². The highest BCUT2D eigenvalue weighted by Crippen LogP contribution is 2.16. The zero-order valence-corrected chi connectivity index (χ0v) is 13.8. The third kappa shape index (κ3) is 2.12. The summed E-state index contributed by atoms with van der Waals surface area (Å²) in [5.74, 6) is -0.742. The molecule has 0 aliphatic carbocycles. The van der Waals surface area contributed by atoms with Gasteiger partial charge in [-0.2, -0.15) is 5.26 Å². The van der Waals surface area contributed by atoms with Gasteiger partial charge in [0, 0.05) is 6.92 Å². The van der Waals surface area contributed by atoms with Crippen molar-refractivity contribution in [2.45, 2.75) is 6.92 Å². The van der Waals surface area contributed by atoms with Gasteiger partial charge in [0.15, 0.2) is 0 Å². The van der Waals surface area contributed by atoms with Gasteiger partial charge in [-0.25, -0.2) is 9.13 Å². The van der Waals surface area contributed by atoms with E-state index in [1.807, 2.05) is 6.07 Å². The standard InChI is InChI=1S/C19H9N3O5/c1-9(23)21-16(24)12-6-14-15(7-13(12)17(21)25)19(27)22(18(14)26)11-4-2-3-10(5-11)8-20/h2-7H,1H3. The van der Waals surface area contributed by atoms with Crippen LogP contribution in [0.5, 0.6) is 0 Å². The van der Waals surface area contributed by atoms with Gasteiger partial charge in [0.05, 0.1) is 38.9 Å². The molecule has 2 aromatic heterocycles. The molecule has 8 nitrogen and oxygen atoms in total. The number of hydrogen-bond donors (Lipinski definition) is 0. The fraction of sp³-hybridized carbons (Fsp3) is 0.0526. The van der Waals surface area contributed by atoms with E-state index in [2.05, 4.69) is 0 Å². The molecule has 2 heterocycles. The molecule has 0 bridgehead atoms. The average Bonchev–Trinajstić information content (AvgIpc) is 3.05. The monoisotopic (exact) mass is 359 g/mol. The summed E-state index contributed by atoms with van der Waals surface area (Å²) in [6.07, 6.45) is 0. The van der Waals surface area contributed by atoms with Crippen LogP contribution >= 0.6 is 0 Å². The highest BCUT2D eigenvalue weighted by atomic mass is 16.2. The van der Waals surface area contributed by atoms with Gasteiger partial charge in [-0.1, -0.05) is 6.07 Å². The minimum atomic E-state index is -0.824. The largest absolute Gasteiger partial charge is 0.274 e. The van der Waals surface area contributed by atoms with Crippen molar-refractivity contribution in [2.24, 2.45) is 0 Å². The summed E-state index contributed by atoms with van der Waals surface area (Å²) in [6.45, 7) is 1.08. The lowest BCUT2D eigenvalue weighted by molar-refractivity contribution is 0.0930. The molecule has 4 aromatic rings. The number of fused-ring (bicyclic) bond motifs is 2. The van der Waals surface area contributed by atoms with E-state index in [1.54, 1.807) is 0 Å².